The number of rotatable bonds is 4. The van der Waals surface area contributed by atoms with E-state index in [-0.39, 0.29) is 23.4 Å². The van der Waals surface area contributed by atoms with Crippen LogP contribution in [0.15, 0.2) is 84.9 Å². The van der Waals surface area contributed by atoms with Crippen LogP contribution in [0.2, 0.25) is 0 Å². The van der Waals surface area contributed by atoms with Gasteiger partial charge in [0.15, 0.2) is 7.79 Å². The van der Waals surface area contributed by atoms with Gasteiger partial charge >= 0.3 is 6.18 Å². The second-order valence-electron chi connectivity index (χ2n) is 7.56. The number of amides is 1. The molecule has 32 heavy (non-hydrogen) atoms. The molecule has 0 aromatic heterocycles. The quantitative estimate of drug-likeness (QED) is 0.592. The Hall–Kier alpha value is -2.93. The largest absolute Gasteiger partial charge is 0.641 e. The number of carbonyl (C=O) groups is 1. The second-order valence-corrected chi connectivity index (χ2v) is 10.4. The number of para-hydroxylation sites is 1. The summed E-state index contributed by atoms with van der Waals surface area (Å²) >= 11 is 0. The number of hydrogen-bond donors (Lipinski definition) is 1. The van der Waals surface area contributed by atoms with Gasteiger partial charge in [0, 0.05) is 12.6 Å². The molecule has 4 rings (SSSR count). The van der Waals surface area contributed by atoms with Crippen molar-refractivity contribution in [3.8, 4) is 0 Å². The number of fused-ring (bicyclic) bond motifs is 1. The molecule has 0 saturated heterocycles. The van der Waals surface area contributed by atoms with Crippen LogP contribution < -0.4 is 15.3 Å². The van der Waals surface area contributed by atoms with E-state index in [4.69, 9.17) is 5.73 Å². The van der Waals surface area contributed by atoms with Gasteiger partial charge in [-0.3, -0.25) is 10.5 Å². The van der Waals surface area contributed by atoms with E-state index in [0.717, 1.165) is 9.34 Å². The summed E-state index contributed by atoms with van der Waals surface area (Å²) in [5.74, 6) is -0.763. The van der Waals surface area contributed by atoms with Crippen LogP contribution in [-0.4, -0.2) is 23.8 Å². The Labute approximate surface area is 184 Å². The van der Waals surface area contributed by atoms with Gasteiger partial charge in [0.05, 0.1) is 17.8 Å². The van der Waals surface area contributed by atoms with Crippen molar-refractivity contribution in [2.75, 3.05) is 11.7 Å². The van der Waals surface area contributed by atoms with E-state index in [1.54, 1.807) is 48.5 Å². The van der Waals surface area contributed by atoms with Gasteiger partial charge < -0.3 is 4.89 Å². The van der Waals surface area contributed by atoms with E-state index in [9.17, 15) is 22.9 Å². The lowest BCUT2D eigenvalue weighted by Gasteiger charge is -2.56. The first kappa shape index (κ1) is 22.3. The zero-order valence-corrected chi connectivity index (χ0v) is 18.1. The Morgan fingerprint density at radius 3 is 2.03 bits per heavy atom. The number of nitrogens with zero attached hydrogens (tertiary/aromatic N) is 2. The molecule has 0 spiro atoms. The molecule has 1 aliphatic heterocycles. The Balaban J connectivity index is 2.01. The van der Waals surface area contributed by atoms with E-state index < -0.39 is 25.2 Å². The van der Waals surface area contributed by atoms with Gasteiger partial charge in [0.1, 0.15) is 0 Å². The summed E-state index contributed by atoms with van der Waals surface area (Å²) in [7, 11) is -3.57. The van der Waals surface area contributed by atoms with Gasteiger partial charge in [-0.25, -0.2) is 4.67 Å². The van der Waals surface area contributed by atoms with Crippen LogP contribution in [-0.2, 0) is 11.8 Å². The van der Waals surface area contributed by atoms with Crippen molar-refractivity contribution < 1.29 is 22.9 Å². The molecule has 3 aromatic carbocycles. The standard InChI is InChI=1S/C23H21F3N3O2P/c1-28-20-15-9-8-14-19(20)21(30)29(16-17-10-4-2-5-11-17)32(28,31)22(27,23(24,25)26)18-12-6-3-7-13-18/h2-15H,16,27H2,1H3. The predicted molar refractivity (Wildman–Crippen MR) is 116 cm³/mol. The van der Waals surface area contributed by atoms with Crippen molar-refractivity contribution in [3.63, 3.8) is 0 Å². The Bertz CT molecular complexity index is 1130. The SMILES string of the molecule is CN1c2ccccc2C(=O)N(Cc2ccccc2)[P+]1([O-])C(N)(c1ccccc1)C(F)(F)F. The maximum atomic E-state index is 14.7. The molecular formula is C23H21F3N3O2P. The molecule has 2 unspecified atom stereocenters. The van der Waals surface area contributed by atoms with Crippen LogP contribution >= 0.6 is 7.79 Å². The summed E-state index contributed by atoms with van der Waals surface area (Å²) in [4.78, 5) is 28.2. The Kier molecular flexibility index (Phi) is 5.49. The topological polar surface area (TPSA) is 72.6 Å². The minimum absolute atomic E-state index is 0.139. The highest BCUT2D eigenvalue weighted by Gasteiger charge is 2.74. The number of nitrogens with two attached hydrogens (primary N) is 1. The smallest absolute Gasteiger partial charge is 0.450 e. The van der Waals surface area contributed by atoms with Crippen molar-refractivity contribution in [2.45, 2.75) is 18.0 Å². The first-order valence-corrected chi connectivity index (χ1v) is 11.4. The molecule has 0 saturated carbocycles. The van der Waals surface area contributed by atoms with Crippen LogP contribution in [0.4, 0.5) is 18.9 Å². The molecule has 0 fully saturated rings. The first-order valence-electron chi connectivity index (χ1n) is 9.83. The lowest BCUT2D eigenvalue weighted by atomic mass is 10.1. The Morgan fingerprint density at radius 2 is 1.44 bits per heavy atom. The van der Waals surface area contributed by atoms with Crippen molar-refractivity contribution in [3.05, 3.63) is 102 Å². The summed E-state index contributed by atoms with van der Waals surface area (Å²) in [5, 5.41) is -3.33. The second kappa shape index (κ2) is 7.89. The molecule has 2 N–H and O–H groups in total. The van der Waals surface area contributed by atoms with Crippen LogP contribution in [0.3, 0.4) is 0 Å². The first-order chi connectivity index (χ1) is 15.1. The average Bonchev–Trinajstić information content (AvgIpc) is 2.80. The number of anilines is 1. The van der Waals surface area contributed by atoms with Crippen LogP contribution in [0, 0.1) is 0 Å². The van der Waals surface area contributed by atoms with Gasteiger partial charge in [0.25, 0.3) is 11.2 Å². The third-order valence-electron chi connectivity index (χ3n) is 5.73. The number of carbonyl (C=O) groups excluding carboxylic acids is 1. The van der Waals surface area contributed by atoms with Crippen molar-refractivity contribution in [1.29, 1.82) is 0 Å². The summed E-state index contributed by atoms with van der Waals surface area (Å²) in [6, 6.07) is 21.3. The zero-order valence-electron chi connectivity index (χ0n) is 17.2. The van der Waals surface area contributed by atoms with Crippen LogP contribution in [0.5, 0.6) is 0 Å². The van der Waals surface area contributed by atoms with Crippen LogP contribution in [0.1, 0.15) is 21.5 Å². The van der Waals surface area contributed by atoms with Crippen molar-refractivity contribution in [2.24, 2.45) is 5.73 Å². The van der Waals surface area contributed by atoms with E-state index in [1.807, 2.05) is 0 Å². The normalized spacial score (nSPS) is 20.6. The van der Waals surface area contributed by atoms with Gasteiger partial charge in [-0.05, 0) is 17.7 Å². The highest BCUT2D eigenvalue weighted by molar-refractivity contribution is 7.70. The maximum Gasteiger partial charge on any atom is 0.450 e. The third-order valence-corrected chi connectivity index (χ3v) is 9.17. The van der Waals surface area contributed by atoms with E-state index in [2.05, 4.69) is 0 Å². The number of alkyl halides is 3. The fraction of sp³-hybridized carbons (Fsp3) is 0.174. The Morgan fingerprint density at radius 1 is 0.906 bits per heavy atom. The predicted octanol–water partition coefficient (Wildman–Crippen LogP) is 4.28. The number of halogens is 3. The molecule has 1 amide bonds. The molecule has 3 aromatic rings. The van der Waals surface area contributed by atoms with E-state index >= 15 is 0 Å². The van der Waals surface area contributed by atoms with Crippen molar-refractivity contribution >= 4 is 19.4 Å². The molecule has 9 heteroatoms. The molecule has 1 aliphatic rings. The van der Waals surface area contributed by atoms with Gasteiger partial charge in [-0.15, -0.1) is 0 Å². The summed E-state index contributed by atoms with van der Waals surface area (Å²) in [6.45, 7) is -0.294. The number of benzene rings is 3. The molecule has 1 heterocycles. The van der Waals surface area contributed by atoms with Crippen molar-refractivity contribution in [1.82, 2.24) is 4.67 Å². The highest BCUT2D eigenvalue weighted by Crippen LogP contribution is 2.75. The summed E-state index contributed by atoms with van der Waals surface area (Å²) < 4.78 is 46.1. The fourth-order valence-electron chi connectivity index (χ4n) is 4.05. The molecule has 0 aliphatic carbocycles. The lowest BCUT2D eigenvalue weighted by Crippen LogP contribution is -2.64. The number of hydrogen-bond acceptors (Lipinski definition) is 4. The maximum absolute atomic E-state index is 14.7. The summed E-state index contributed by atoms with van der Waals surface area (Å²) in [6.07, 6.45) is -5.13. The lowest BCUT2D eigenvalue weighted by molar-refractivity contribution is -0.221. The third kappa shape index (κ3) is 3.18. The molecule has 0 bridgehead atoms. The monoisotopic (exact) mass is 459 g/mol. The van der Waals surface area contributed by atoms with Gasteiger partial charge in [-0.2, -0.15) is 17.8 Å². The van der Waals surface area contributed by atoms with E-state index in [0.29, 0.717) is 5.56 Å². The molecule has 166 valence electrons. The van der Waals surface area contributed by atoms with E-state index in [1.165, 1.54) is 43.4 Å². The zero-order chi connectivity index (χ0) is 23.1. The minimum atomic E-state index is -5.13. The van der Waals surface area contributed by atoms with Crippen LogP contribution in [0.25, 0.3) is 0 Å². The average molecular weight is 459 g/mol. The van der Waals surface area contributed by atoms with Gasteiger partial charge in [-0.1, -0.05) is 72.8 Å². The summed E-state index contributed by atoms with van der Waals surface area (Å²) in [5.41, 5.74) is 6.59. The highest BCUT2D eigenvalue weighted by atomic mass is 31.2. The minimum Gasteiger partial charge on any atom is -0.641 e. The fourth-order valence-corrected chi connectivity index (χ4v) is 7.22. The molecule has 0 radical (unpaired) electrons. The molecule has 2 atom stereocenters. The molecular weight excluding hydrogens is 438 g/mol. The van der Waals surface area contributed by atoms with Gasteiger partial charge in [0.2, 0.25) is 0 Å². The molecule has 5 nitrogen and oxygen atoms in total.